The van der Waals surface area contributed by atoms with E-state index in [1.54, 1.807) is 0 Å². The average Bonchev–Trinajstić information content (AvgIpc) is 2.20. The molecule has 0 aliphatic heterocycles. The highest BCUT2D eigenvalue weighted by atomic mass is 127. The Labute approximate surface area is 109 Å². The number of hydrogen-bond donors (Lipinski definition) is 0. The maximum absolute atomic E-state index is 3.46. The van der Waals surface area contributed by atoms with Crippen molar-refractivity contribution in [2.75, 3.05) is 5.33 Å². The van der Waals surface area contributed by atoms with Crippen LogP contribution in [-0.4, -0.2) is 5.33 Å². The van der Waals surface area contributed by atoms with E-state index in [1.165, 1.54) is 41.2 Å². The molecular weight excluding hydrogens is 351 g/mol. The Balaban J connectivity index is 2.21. The molecule has 0 atom stereocenters. The standard InChI is InChI=1S/C12H16BrI/c13-10-6-2-1-3-7-11-8-4-5-9-12(11)14/h4-5,8-9H,1-3,6-7,10H2. The maximum Gasteiger partial charge on any atom is 0.0162 e. The summed E-state index contributed by atoms with van der Waals surface area (Å²) in [7, 11) is 0. The van der Waals surface area contributed by atoms with Crippen molar-refractivity contribution in [2.24, 2.45) is 0 Å². The van der Waals surface area contributed by atoms with Gasteiger partial charge in [0.25, 0.3) is 0 Å². The normalized spacial score (nSPS) is 10.4. The van der Waals surface area contributed by atoms with E-state index >= 15 is 0 Å². The lowest BCUT2D eigenvalue weighted by Crippen LogP contribution is -1.89. The van der Waals surface area contributed by atoms with Crippen LogP contribution in [0.25, 0.3) is 0 Å². The highest BCUT2D eigenvalue weighted by Gasteiger charge is 1.97. The number of hydrogen-bond acceptors (Lipinski definition) is 0. The minimum absolute atomic E-state index is 1.15. The summed E-state index contributed by atoms with van der Waals surface area (Å²) in [5, 5.41) is 1.15. The molecule has 0 aromatic heterocycles. The van der Waals surface area contributed by atoms with E-state index in [0.29, 0.717) is 0 Å². The van der Waals surface area contributed by atoms with E-state index in [4.69, 9.17) is 0 Å². The second-order valence-electron chi connectivity index (χ2n) is 3.44. The van der Waals surface area contributed by atoms with Crippen molar-refractivity contribution in [1.29, 1.82) is 0 Å². The molecule has 0 nitrogen and oxygen atoms in total. The molecule has 78 valence electrons. The summed E-state index contributed by atoms with van der Waals surface area (Å²) < 4.78 is 1.41. The zero-order valence-electron chi connectivity index (χ0n) is 8.31. The first-order chi connectivity index (χ1) is 6.84. The highest BCUT2D eigenvalue weighted by molar-refractivity contribution is 14.1. The highest BCUT2D eigenvalue weighted by Crippen LogP contribution is 2.15. The van der Waals surface area contributed by atoms with Gasteiger partial charge in [0.15, 0.2) is 0 Å². The number of rotatable bonds is 6. The molecule has 0 unspecified atom stereocenters. The van der Waals surface area contributed by atoms with Crippen LogP contribution in [0.4, 0.5) is 0 Å². The van der Waals surface area contributed by atoms with Crippen molar-refractivity contribution < 1.29 is 0 Å². The quantitative estimate of drug-likeness (QED) is 0.385. The first kappa shape index (κ1) is 12.5. The molecule has 0 aliphatic carbocycles. The molecule has 14 heavy (non-hydrogen) atoms. The Kier molecular flexibility index (Phi) is 6.86. The van der Waals surface area contributed by atoms with E-state index in [9.17, 15) is 0 Å². The van der Waals surface area contributed by atoms with E-state index in [1.807, 2.05) is 0 Å². The predicted octanol–water partition coefficient (Wildman–Crippen LogP) is 4.79. The van der Waals surface area contributed by atoms with Gasteiger partial charge in [0.05, 0.1) is 0 Å². The van der Waals surface area contributed by atoms with Gasteiger partial charge < -0.3 is 0 Å². The Bertz CT molecular complexity index is 260. The van der Waals surface area contributed by atoms with Gasteiger partial charge in [-0.05, 0) is 53.5 Å². The molecule has 1 rings (SSSR count). The van der Waals surface area contributed by atoms with Gasteiger partial charge in [0, 0.05) is 8.90 Å². The molecule has 0 saturated carbocycles. The SMILES string of the molecule is BrCCCCCCc1ccccc1I. The lowest BCUT2D eigenvalue weighted by atomic mass is 10.1. The Hall–Kier alpha value is 0.430. The van der Waals surface area contributed by atoms with Crippen molar-refractivity contribution in [3.8, 4) is 0 Å². The zero-order valence-corrected chi connectivity index (χ0v) is 12.1. The van der Waals surface area contributed by atoms with Crippen molar-refractivity contribution in [3.05, 3.63) is 33.4 Å². The van der Waals surface area contributed by atoms with Gasteiger partial charge in [-0.15, -0.1) is 0 Å². The second-order valence-corrected chi connectivity index (χ2v) is 5.40. The molecule has 0 N–H and O–H groups in total. The largest absolute Gasteiger partial charge is 0.0928 e. The first-order valence-electron chi connectivity index (χ1n) is 5.14. The summed E-state index contributed by atoms with van der Waals surface area (Å²) in [6.07, 6.45) is 6.59. The van der Waals surface area contributed by atoms with Crippen molar-refractivity contribution in [2.45, 2.75) is 32.1 Å². The van der Waals surface area contributed by atoms with Crippen LogP contribution in [0.5, 0.6) is 0 Å². The molecule has 0 bridgehead atoms. The Morgan fingerprint density at radius 2 is 1.71 bits per heavy atom. The summed E-state index contributed by atoms with van der Waals surface area (Å²) in [4.78, 5) is 0. The first-order valence-corrected chi connectivity index (χ1v) is 7.34. The monoisotopic (exact) mass is 366 g/mol. The van der Waals surface area contributed by atoms with Gasteiger partial charge in [-0.1, -0.05) is 47.0 Å². The number of unbranched alkanes of at least 4 members (excludes halogenated alkanes) is 3. The molecule has 1 aromatic carbocycles. The second kappa shape index (κ2) is 7.69. The Morgan fingerprint density at radius 1 is 1.00 bits per heavy atom. The van der Waals surface area contributed by atoms with Crippen LogP contribution < -0.4 is 0 Å². The lowest BCUT2D eigenvalue weighted by molar-refractivity contribution is 0.670. The molecular formula is C12H16BrI. The van der Waals surface area contributed by atoms with Crippen LogP contribution >= 0.6 is 38.5 Å². The molecule has 0 heterocycles. The summed E-state index contributed by atoms with van der Waals surface area (Å²) >= 11 is 5.88. The average molecular weight is 367 g/mol. The van der Waals surface area contributed by atoms with E-state index < -0.39 is 0 Å². The van der Waals surface area contributed by atoms with Gasteiger partial charge in [-0.25, -0.2) is 0 Å². The molecule has 0 radical (unpaired) electrons. The van der Waals surface area contributed by atoms with Gasteiger partial charge in [0.1, 0.15) is 0 Å². The number of benzene rings is 1. The van der Waals surface area contributed by atoms with Gasteiger partial charge in [-0.3, -0.25) is 0 Å². The summed E-state index contributed by atoms with van der Waals surface area (Å²) in [6.45, 7) is 0. The maximum atomic E-state index is 3.46. The van der Waals surface area contributed by atoms with Gasteiger partial charge >= 0.3 is 0 Å². The minimum Gasteiger partial charge on any atom is -0.0928 e. The zero-order chi connectivity index (χ0) is 10.2. The van der Waals surface area contributed by atoms with Crippen LogP contribution in [0.15, 0.2) is 24.3 Å². The molecule has 0 aliphatic rings. The molecule has 1 aromatic rings. The molecule has 2 heteroatoms. The molecule has 0 spiro atoms. The van der Waals surface area contributed by atoms with Crippen molar-refractivity contribution in [3.63, 3.8) is 0 Å². The van der Waals surface area contributed by atoms with Crippen LogP contribution in [0, 0.1) is 3.57 Å². The number of aryl methyl sites for hydroxylation is 1. The van der Waals surface area contributed by atoms with Crippen LogP contribution in [-0.2, 0) is 6.42 Å². The topological polar surface area (TPSA) is 0 Å². The van der Waals surface area contributed by atoms with E-state index in [2.05, 4.69) is 62.8 Å². The molecule has 0 amide bonds. The third-order valence-corrected chi connectivity index (χ3v) is 3.90. The fraction of sp³-hybridized carbons (Fsp3) is 0.500. The van der Waals surface area contributed by atoms with Crippen LogP contribution in [0.1, 0.15) is 31.2 Å². The smallest absolute Gasteiger partial charge is 0.0162 e. The third-order valence-electron chi connectivity index (χ3n) is 2.29. The predicted molar refractivity (Wildman–Crippen MR) is 75.1 cm³/mol. The van der Waals surface area contributed by atoms with Crippen molar-refractivity contribution >= 4 is 38.5 Å². The van der Waals surface area contributed by atoms with Gasteiger partial charge in [-0.2, -0.15) is 0 Å². The van der Waals surface area contributed by atoms with Crippen molar-refractivity contribution in [1.82, 2.24) is 0 Å². The molecule has 0 saturated heterocycles. The summed E-state index contributed by atoms with van der Waals surface area (Å²) in [5.41, 5.74) is 1.51. The fourth-order valence-electron chi connectivity index (χ4n) is 1.46. The van der Waals surface area contributed by atoms with E-state index in [0.717, 1.165) is 5.33 Å². The minimum atomic E-state index is 1.15. The Morgan fingerprint density at radius 3 is 2.43 bits per heavy atom. The summed E-state index contributed by atoms with van der Waals surface area (Å²) in [6, 6.07) is 8.67. The number of halogens is 2. The fourth-order valence-corrected chi connectivity index (χ4v) is 2.52. The third kappa shape index (κ3) is 4.78. The van der Waals surface area contributed by atoms with Gasteiger partial charge in [0.2, 0.25) is 0 Å². The lowest BCUT2D eigenvalue weighted by Gasteiger charge is -2.03. The van der Waals surface area contributed by atoms with E-state index in [-0.39, 0.29) is 0 Å². The molecule has 0 fully saturated rings. The van der Waals surface area contributed by atoms with Crippen LogP contribution in [0.3, 0.4) is 0 Å². The van der Waals surface area contributed by atoms with Crippen LogP contribution in [0.2, 0.25) is 0 Å². The number of alkyl halides is 1. The summed E-state index contributed by atoms with van der Waals surface area (Å²) in [5.74, 6) is 0.